The van der Waals surface area contributed by atoms with Crippen molar-refractivity contribution >= 4 is 17.6 Å². The molecule has 1 fully saturated rings. The van der Waals surface area contributed by atoms with Gasteiger partial charge in [0.1, 0.15) is 0 Å². The van der Waals surface area contributed by atoms with E-state index in [4.69, 9.17) is 10.8 Å². The average Bonchev–Trinajstić information content (AvgIpc) is 2.38. The van der Waals surface area contributed by atoms with Crippen LogP contribution in [0.2, 0.25) is 0 Å². The summed E-state index contributed by atoms with van der Waals surface area (Å²) in [6, 6.07) is 5.61. The Morgan fingerprint density at radius 1 is 1.35 bits per heavy atom. The van der Waals surface area contributed by atoms with Crippen molar-refractivity contribution in [2.75, 3.05) is 18.0 Å². The van der Waals surface area contributed by atoms with Crippen LogP contribution in [0, 0.1) is 12.8 Å². The number of carbonyl (C=O) groups excluding carboxylic acids is 1. The molecule has 1 aliphatic rings. The van der Waals surface area contributed by atoms with Crippen molar-refractivity contribution in [2.45, 2.75) is 26.2 Å². The molecule has 0 aliphatic carbocycles. The molecule has 0 aromatic heterocycles. The molecule has 0 radical (unpaired) electrons. The molecule has 0 spiro atoms. The van der Waals surface area contributed by atoms with E-state index in [-0.39, 0.29) is 12.3 Å². The highest BCUT2D eigenvalue weighted by Crippen LogP contribution is 2.28. The van der Waals surface area contributed by atoms with Crippen LogP contribution in [0.4, 0.5) is 5.69 Å². The summed E-state index contributed by atoms with van der Waals surface area (Å²) in [6.07, 6.45) is 1.89. The summed E-state index contributed by atoms with van der Waals surface area (Å²) in [5, 5.41) is 8.83. The quantitative estimate of drug-likeness (QED) is 0.878. The third-order valence-electron chi connectivity index (χ3n) is 3.84. The summed E-state index contributed by atoms with van der Waals surface area (Å²) in [4.78, 5) is 24.4. The minimum absolute atomic E-state index is 0.227. The van der Waals surface area contributed by atoms with E-state index in [9.17, 15) is 9.59 Å². The van der Waals surface area contributed by atoms with Gasteiger partial charge in [-0.1, -0.05) is 6.07 Å². The molecule has 5 heteroatoms. The highest BCUT2D eigenvalue weighted by molar-refractivity contribution is 5.98. The van der Waals surface area contributed by atoms with Crippen molar-refractivity contribution in [3.8, 4) is 0 Å². The first kappa shape index (κ1) is 14.4. The summed E-state index contributed by atoms with van der Waals surface area (Å²) in [5.41, 5.74) is 7.90. The Balaban J connectivity index is 2.12. The zero-order valence-corrected chi connectivity index (χ0v) is 11.6. The maximum atomic E-state index is 11.5. The number of amides is 1. The number of rotatable bonds is 4. The van der Waals surface area contributed by atoms with Gasteiger partial charge in [-0.2, -0.15) is 0 Å². The number of benzene rings is 1. The Kier molecular flexibility index (Phi) is 4.27. The summed E-state index contributed by atoms with van der Waals surface area (Å²) in [5.74, 6) is -0.935. The number of piperidine rings is 1. The molecule has 1 heterocycles. The van der Waals surface area contributed by atoms with E-state index in [1.165, 1.54) is 0 Å². The number of nitrogens with zero attached hydrogens (tertiary/aromatic N) is 1. The lowest BCUT2D eigenvalue weighted by Gasteiger charge is -2.34. The fraction of sp³-hybridized carbons (Fsp3) is 0.467. The SMILES string of the molecule is Cc1ccc(C(N)=O)c(N2CCC(CC(=O)O)CC2)c1. The normalized spacial score (nSPS) is 16.1. The summed E-state index contributed by atoms with van der Waals surface area (Å²) in [7, 11) is 0. The lowest BCUT2D eigenvalue weighted by Crippen LogP contribution is -2.35. The topological polar surface area (TPSA) is 83.6 Å². The van der Waals surface area contributed by atoms with Crippen molar-refractivity contribution in [3.05, 3.63) is 29.3 Å². The lowest BCUT2D eigenvalue weighted by atomic mass is 9.93. The van der Waals surface area contributed by atoms with Crippen LogP contribution in [0.25, 0.3) is 0 Å². The molecule has 1 aliphatic heterocycles. The summed E-state index contributed by atoms with van der Waals surface area (Å²) < 4.78 is 0. The second-order valence-electron chi connectivity index (χ2n) is 5.41. The molecule has 0 atom stereocenters. The van der Waals surface area contributed by atoms with Crippen molar-refractivity contribution in [2.24, 2.45) is 11.7 Å². The molecule has 1 saturated heterocycles. The molecule has 2 rings (SSSR count). The standard InChI is InChI=1S/C15H20N2O3/c1-10-2-3-12(15(16)20)13(8-10)17-6-4-11(5-7-17)9-14(18)19/h2-3,8,11H,4-7,9H2,1H3,(H2,16,20)(H,18,19). The molecule has 1 aromatic rings. The lowest BCUT2D eigenvalue weighted by molar-refractivity contribution is -0.138. The van der Waals surface area contributed by atoms with Gasteiger partial charge in [-0.15, -0.1) is 0 Å². The van der Waals surface area contributed by atoms with Crippen LogP contribution in [-0.2, 0) is 4.79 Å². The summed E-state index contributed by atoms with van der Waals surface area (Å²) in [6.45, 7) is 3.51. The van der Waals surface area contributed by atoms with Crippen molar-refractivity contribution < 1.29 is 14.7 Å². The van der Waals surface area contributed by atoms with Gasteiger partial charge < -0.3 is 15.7 Å². The van der Waals surface area contributed by atoms with E-state index < -0.39 is 11.9 Å². The number of hydrogen-bond acceptors (Lipinski definition) is 3. The first-order valence-electron chi connectivity index (χ1n) is 6.84. The maximum Gasteiger partial charge on any atom is 0.303 e. The number of aliphatic carboxylic acids is 1. The number of carboxylic acids is 1. The van der Waals surface area contributed by atoms with Gasteiger partial charge in [-0.05, 0) is 43.4 Å². The molecule has 1 amide bonds. The zero-order valence-electron chi connectivity index (χ0n) is 11.6. The minimum atomic E-state index is -0.739. The van der Waals surface area contributed by atoms with E-state index in [1.807, 2.05) is 19.1 Å². The van der Waals surface area contributed by atoms with Crippen LogP contribution in [0.3, 0.4) is 0 Å². The number of anilines is 1. The molecule has 0 saturated carbocycles. The number of carbonyl (C=O) groups is 2. The van der Waals surface area contributed by atoms with Gasteiger partial charge >= 0.3 is 5.97 Å². The van der Waals surface area contributed by atoms with Gasteiger partial charge in [0.25, 0.3) is 5.91 Å². The van der Waals surface area contributed by atoms with Crippen LogP contribution in [-0.4, -0.2) is 30.1 Å². The molecule has 20 heavy (non-hydrogen) atoms. The first-order chi connectivity index (χ1) is 9.47. The van der Waals surface area contributed by atoms with Crippen molar-refractivity contribution in [1.29, 1.82) is 0 Å². The number of aryl methyl sites for hydroxylation is 1. The molecular weight excluding hydrogens is 256 g/mol. The fourth-order valence-corrected chi connectivity index (χ4v) is 2.74. The Morgan fingerprint density at radius 3 is 2.55 bits per heavy atom. The monoisotopic (exact) mass is 276 g/mol. The van der Waals surface area contributed by atoms with Gasteiger partial charge in [0.15, 0.2) is 0 Å². The predicted molar refractivity (Wildman–Crippen MR) is 76.9 cm³/mol. The highest BCUT2D eigenvalue weighted by atomic mass is 16.4. The van der Waals surface area contributed by atoms with Crippen molar-refractivity contribution in [1.82, 2.24) is 0 Å². The Labute approximate surface area is 118 Å². The third-order valence-corrected chi connectivity index (χ3v) is 3.84. The minimum Gasteiger partial charge on any atom is -0.481 e. The molecule has 108 valence electrons. The predicted octanol–water partition coefficient (Wildman–Crippen LogP) is 1.79. The van der Waals surface area contributed by atoms with E-state index in [2.05, 4.69) is 4.90 Å². The molecule has 0 unspecified atom stereocenters. The van der Waals surface area contributed by atoms with Gasteiger partial charge in [0, 0.05) is 25.2 Å². The Bertz CT molecular complexity index is 520. The van der Waals surface area contributed by atoms with E-state index in [0.717, 1.165) is 37.2 Å². The van der Waals surface area contributed by atoms with Gasteiger partial charge in [0.05, 0.1) is 5.56 Å². The van der Waals surface area contributed by atoms with Gasteiger partial charge in [-0.25, -0.2) is 0 Å². The molecule has 1 aromatic carbocycles. The Morgan fingerprint density at radius 2 is 2.00 bits per heavy atom. The number of hydrogen-bond donors (Lipinski definition) is 2. The number of nitrogens with two attached hydrogens (primary N) is 1. The zero-order chi connectivity index (χ0) is 14.7. The maximum absolute atomic E-state index is 11.5. The van der Waals surface area contributed by atoms with Crippen LogP contribution in [0.5, 0.6) is 0 Å². The van der Waals surface area contributed by atoms with Crippen LogP contribution in [0.1, 0.15) is 35.2 Å². The van der Waals surface area contributed by atoms with Crippen LogP contribution >= 0.6 is 0 Å². The first-order valence-corrected chi connectivity index (χ1v) is 6.84. The number of primary amides is 1. The molecular formula is C15H20N2O3. The van der Waals surface area contributed by atoms with Crippen molar-refractivity contribution in [3.63, 3.8) is 0 Å². The second-order valence-corrected chi connectivity index (χ2v) is 5.41. The molecule has 3 N–H and O–H groups in total. The van der Waals surface area contributed by atoms with E-state index in [1.54, 1.807) is 6.07 Å². The highest BCUT2D eigenvalue weighted by Gasteiger charge is 2.23. The van der Waals surface area contributed by atoms with Gasteiger partial charge in [0.2, 0.25) is 0 Å². The average molecular weight is 276 g/mol. The van der Waals surface area contributed by atoms with E-state index >= 15 is 0 Å². The van der Waals surface area contributed by atoms with E-state index in [0.29, 0.717) is 5.56 Å². The third kappa shape index (κ3) is 3.29. The van der Waals surface area contributed by atoms with Crippen LogP contribution in [0.15, 0.2) is 18.2 Å². The van der Waals surface area contributed by atoms with Gasteiger partial charge in [-0.3, -0.25) is 9.59 Å². The summed E-state index contributed by atoms with van der Waals surface area (Å²) >= 11 is 0. The van der Waals surface area contributed by atoms with Crippen LogP contribution < -0.4 is 10.6 Å². The second kappa shape index (κ2) is 5.94. The largest absolute Gasteiger partial charge is 0.481 e. The Hall–Kier alpha value is -2.04. The number of carboxylic acid groups (broad SMARTS) is 1. The molecule has 0 bridgehead atoms. The molecule has 5 nitrogen and oxygen atoms in total. The smallest absolute Gasteiger partial charge is 0.303 e. The fourth-order valence-electron chi connectivity index (χ4n) is 2.74.